The van der Waals surface area contributed by atoms with Crippen LogP contribution in [0.15, 0.2) is 16.8 Å². The van der Waals surface area contributed by atoms with E-state index < -0.39 is 0 Å². The Morgan fingerprint density at radius 2 is 2.50 bits per heavy atom. The molecule has 1 unspecified atom stereocenters. The third-order valence-electron chi connectivity index (χ3n) is 2.26. The lowest BCUT2D eigenvalue weighted by Gasteiger charge is -2.20. The fraction of sp³-hybridized carbons (Fsp3) is 0.444. The maximum absolute atomic E-state index is 11.1. The van der Waals surface area contributed by atoms with Crippen molar-refractivity contribution in [2.45, 2.75) is 18.8 Å². The van der Waals surface area contributed by atoms with E-state index in [1.807, 2.05) is 0 Å². The molecule has 2 rings (SSSR count). The summed E-state index contributed by atoms with van der Waals surface area (Å²) < 4.78 is 0. The van der Waals surface area contributed by atoms with Crippen LogP contribution in [0.2, 0.25) is 0 Å². The van der Waals surface area contributed by atoms with Crippen LogP contribution in [0.5, 0.6) is 0 Å². The minimum absolute atomic E-state index is 0.192. The maximum Gasteiger partial charge on any atom is 0.220 e. The molecule has 12 heavy (non-hydrogen) atoms. The van der Waals surface area contributed by atoms with Gasteiger partial charge in [-0.3, -0.25) is 4.79 Å². The molecule has 3 heteroatoms. The summed E-state index contributed by atoms with van der Waals surface area (Å²) in [6.45, 7) is 0.833. The molecular weight excluding hydrogens is 170 g/mol. The van der Waals surface area contributed by atoms with Gasteiger partial charge in [-0.25, -0.2) is 0 Å². The molecule has 2 nitrogen and oxygen atoms in total. The Morgan fingerprint density at radius 3 is 3.17 bits per heavy atom. The summed E-state index contributed by atoms with van der Waals surface area (Å²) in [5, 5.41) is 7.05. The zero-order valence-corrected chi connectivity index (χ0v) is 7.56. The predicted molar refractivity (Wildman–Crippen MR) is 49.3 cm³/mol. The summed E-state index contributed by atoms with van der Waals surface area (Å²) in [4.78, 5) is 11.1. The van der Waals surface area contributed by atoms with Crippen LogP contribution in [0.3, 0.4) is 0 Å². The Kier molecular flexibility index (Phi) is 2.13. The normalized spacial score (nSPS) is 23.7. The fourth-order valence-electron chi connectivity index (χ4n) is 1.58. The lowest BCUT2D eigenvalue weighted by molar-refractivity contribution is -0.122. The topological polar surface area (TPSA) is 29.1 Å². The molecule has 1 aromatic heterocycles. The number of carbonyl (C=O) groups is 1. The summed E-state index contributed by atoms with van der Waals surface area (Å²) in [5.74, 6) is 0.655. The third-order valence-corrected chi connectivity index (χ3v) is 2.96. The van der Waals surface area contributed by atoms with Crippen molar-refractivity contribution in [3.05, 3.63) is 22.4 Å². The van der Waals surface area contributed by atoms with Gasteiger partial charge in [0.1, 0.15) is 0 Å². The van der Waals surface area contributed by atoms with Gasteiger partial charge in [-0.2, -0.15) is 11.3 Å². The highest BCUT2D eigenvalue weighted by Gasteiger charge is 2.20. The van der Waals surface area contributed by atoms with Gasteiger partial charge in [0.25, 0.3) is 0 Å². The van der Waals surface area contributed by atoms with Crippen molar-refractivity contribution in [2.24, 2.45) is 0 Å². The molecule has 0 aromatic carbocycles. The van der Waals surface area contributed by atoms with Crippen molar-refractivity contribution in [1.29, 1.82) is 0 Å². The van der Waals surface area contributed by atoms with E-state index in [4.69, 9.17) is 0 Å². The number of amides is 1. The first kappa shape index (κ1) is 7.80. The Hall–Kier alpha value is -0.830. The van der Waals surface area contributed by atoms with Crippen LogP contribution in [-0.4, -0.2) is 12.5 Å². The molecule has 1 aliphatic heterocycles. The van der Waals surface area contributed by atoms with E-state index in [0.29, 0.717) is 12.3 Å². The number of hydrogen-bond acceptors (Lipinski definition) is 2. The molecule has 1 aliphatic rings. The van der Waals surface area contributed by atoms with Crippen molar-refractivity contribution >= 4 is 17.2 Å². The van der Waals surface area contributed by atoms with Crippen LogP contribution in [0.1, 0.15) is 24.3 Å². The van der Waals surface area contributed by atoms with E-state index in [1.54, 1.807) is 11.3 Å². The number of nitrogens with one attached hydrogen (secondary N) is 1. The monoisotopic (exact) mass is 181 g/mol. The minimum Gasteiger partial charge on any atom is -0.356 e. The van der Waals surface area contributed by atoms with Crippen LogP contribution in [0.4, 0.5) is 0 Å². The van der Waals surface area contributed by atoms with Crippen LogP contribution in [0, 0.1) is 0 Å². The van der Waals surface area contributed by atoms with Gasteiger partial charge in [0.2, 0.25) is 5.91 Å². The van der Waals surface area contributed by atoms with Crippen molar-refractivity contribution in [1.82, 2.24) is 5.32 Å². The number of piperidine rings is 1. The van der Waals surface area contributed by atoms with E-state index in [1.165, 1.54) is 5.56 Å². The number of thiophene rings is 1. The Morgan fingerprint density at radius 1 is 1.58 bits per heavy atom. The van der Waals surface area contributed by atoms with Gasteiger partial charge in [0, 0.05) is 13.0 Å². The second-order valence-electron chi connectivity index (χ2n) is 3.10. The SMILES string of the molecule is O=C1CC(c2ccsc2)CCN1. The van der Waals surface area contributed by atoms with Crippen LogP contribution in [0.25, 0.3) is 0 Å². The molecule has 0 spiro atoms. The highest BCUT2D eigenvalue weighted by molar-refractivity contribution is 7.07. The standard InChI is InChI=1S/C9H11NOS/c11-9-5-7(1-3-10-9)8-2-4-12-6-8/h2,4,6-7H,1,3,5H2,(H,10,11). The first-order valence-electron chi connectivity index (χ1n) is 4.15. The molecule has 1 atom stereocenters. The first-order valence-corrected chi connectivity index (χ1v) is 5.09. The van der Waals surface area contributed by atoms with Crippen molar-refractivity contribution in [3.63, 3.8) is 0 Å². The number of hydrogen-bond donors (Lipinski definition) is 1. The lowest BCUT2D eigenvalue weighted by atomic mass is 9.92. The van der Waals surface area contributed by atoms with E-state index in [0.717, 1.165) is 13.0 Å². The van der Waals surface area contributed by atoms with E-state index >= 15 is 0 Å². The Balaban J connectivity index is 2.09. The lowest BCUT2D eigenvalue weighted by Crippen LogP contribution is -2.32. The van der Waals surface area contributed by atoms with Gasteiger partial charge >= 0.3 is 0 Å². The fourth-order valence-corrected chi connectivity index (χ4v) is 2.32. The van der Waals surface area contributed by atoms with E-state index in [9.17, 15) is 4.79 Å². The molecule has 0 aliphatic carbocycles. The quantitative estimate of drug-likeness (QED) is 0.702. The second kappa shape index (κ2) is 3.27. The van der Waals surface area contributed by atoms with Gasteiger partial charge in [0.05, 0.1) is 0 Å². The summed E-state index contributed by atoms with van der Waals surface area (Å²) in [7, 11) is 0. The smallest absolute Gasteiger partial charge is 0.220 e. The highest BCUT2D eigenvalue weighted by Crippen LogP contribution is 2.26. The number of rotatable bonds is 1. The molecule has 1 fully saturated rings. The van der Waals surface area contributed by atoms with Gasteiger partial charge in [0.15, 0.2) is 0 Å². The molecule has 1 N–H and O–H groups in total. The molecule has 64 valence electrons. The zero-order valence-electron chi connectivity index (χ0n) is 6.75. The molecule has 0 saturated carbocycles. The van der Waals surface area contributed by atoms with Crippen LogP contribution in [-0.2, 0) is 4.79 Å². The predicted octanol–water partition coefficient (Wildman–Crippen LogP) is 1.74. The van der Waals surface area contributed by atoms with Crippen LogP contribution >= 0.6 is 11.3 Å². The Bertz CT molecular complexity index is 268. The van der Waals surface area contributed by atoms with E-state index in [2.05, 4.69) is 22.1 Å². The molecule has 2 heterocycles. The number of carbonyl (C=O) groups excluding carboxylic acids is 1. The molecule has 1 aromatic rings. The Labute approximate surface area is 75.6 Å². The second-order valence-corrected chi connectivity index (χ2v) is 3.88. The van der Waals surface area contributed by atoms with Gasteiger partial charge in [-0.05, 0) is 34.7 Å². The van der Waals surface area contributed by atoms with Gasteiger partial charge in [-0.15, -0.1) is 0 Å². The first-order chi connectivity index (χ1) is 5.86. The molecule has 1 amide bonds. The van der Waals surface area contributed by atoms with Crippen molar-refractivity contribution < 1.29 is 4.79 Å². The molecule has 0 bridgehead atoms. The van der Waals surface area contributed by atoms with Crippen LogP contribution < -0.4 is 5.32 Å². The molecule has 1 saturated heterocycles. The summed E-state index contributed by atoms with van der Waals surface area (Å²) in [6, 6.07) is 2.12. The highest BCUT2D eigenvalue weighted by atomic mass is 32.1. The molecule has 0 radical (unpaired) electrons. The van der Waals surface area contributed by atoms with E-state index in [-0.39, 0.29) is 5.91 Å². The minimum atomic E-state index is 0.192. The maximum atomic E-state index is 11.1. The average molecular weight is 181 g/mol. The summed E-state index contributed by atoms with van der Waals surface area (Å²) in [5.41, 5.74) is 1.33. The average Bonchev–Trinajstić information content (AvgIpc) is 2.56. The van der Waals surface area contributed by atoms with Crippen molar-refractivity contribution in [3.8, 4) is 0 Å². The van der Waals surface area contributed by atoms with Gasteiger partial charge in [-0.1, -0.05) is 0 Å². The molecular formula is C9H11NOS. The van der Waals surface area contributed by atoms with Crippen molar-refractivity contribution in [2.75, 3.05) is 6.54 Å². The summed E-state index contributed by atoms with van der Waals surface area (Å²) in [6.07, 6.45) is 1.75. The third kappa shape index (κ3) is 1.50. The largest absolute Gasteiger partial charge is 0.356 e. The summed E-state index contributed by atoms with van der Waals surface area (Å²) >= 11 is 1.70. The zero-order chi connectivity index (χ0) is 8.39. The van der Waals surface area contributed by atoms with Gasteiger partial charge < -0.3 is 5.32 Å².